The van der Waals surface area contributed by atoms with Gasteiger partial charge >= 0.3 is 0 Å². The van der Waals surface area contributed by atoms with E-state index < -0.39 is 0 Å². The van der Waals surface area contributed by atoms with Gasteiger partial charge in [0, 0.05) is 13.0 Å². The lowest BCUT2D eigenvalue weighted by atomic mass is 9.92. The molecule has 0 radical (unpaired) electrons. The molecule has 84 valence electrons. The molecule has 0 spiro atoms. The summed E-state index contributed by atoms with van der Waals surface area (Å²) >= 11 is 0. The van der Waals surface area contributed by atoms with Crippen LogP contribution in [0.3, 0.4) is 0 Å². The predicted octanol–water partition coefficient (Wildman–Crippen LogP) is 1.21. The number of hydrogen-bond acceptors (Lipinski definition) is 3. The Morgan fingerprint density at radius 1 is 1.43 bits per heavy atom. The predicted molar refractivity (Wildman–Crippen MR) is 56.5 cm³/mol. The van der Waals surface area contributed by atoms with Crippen LogP contribution in [-0.4, -0.2) is 19.1 Å². The summed E-state index contributed by atoms with van der Waals surface area (Å²) < 4.78 is 0. The number of rotatable bonds is 6. The van der Waals surface area contributed by atoms with Crippen molar-refractivity contribution >= 4 is 5.91 Å². The molecule has 0 aromatic heterocycles. The van der Waals surface area contributed by atoms with E-state index in [1.54, 1.807) is 0 Å². The molecule has 1 amide bonds. The lowest BCUT2D eigenvalue weighted by Gasteiger charge is -2.17. The minimum atomic E-state index is 0.0753. The third-order valence-corrected chi connectivity index (χ3v) is 1.86. The van der Waals surface area contributed by atoms with Gasteiger partial charge in [-0.05, 0) is 18.3 Å². The van der Waals surface area contributed by atoms with Gasteiger partial charge in [0.25, 0.3) is 0 Å². The first-order valence-electron chi connectivity index (χ1n) is 5.04. The Balaban J connectivity index is 3.36. The average Bonchev–Trinajstić information content (AvgIpc) is 2.02. The van der Waals surface area contributed by atoms with Crippen LogP contribution in [-0.2, 0) is 9.63 Å². The van der Waals surface area contributed by atoms with Crippen LogP contribution in [0, 0.1) is 5.41 Å². The fourth-order valence-electron chi connectivity index (χ4n) is 0.981. The second-order valence-electron chi connectivity index (χ2n) is 4.63. The van der Waals surface area contributed by atoms with E-state index >= 15 is 0 Å². The van der Waals surface area contributed by atoms with E-state index in [1.165, 1.54) is 0 Å². The van der Waals surface area contributed by atoms with Crippen molar-refractivity contribution in [1.29, 1.82) is 0 Å². The van der Waals surface area contributed by atoms with Gasteiger partial charge in [0.05, 0.1) is 6.61 Å². The molecule has 0 saturated carbocycles. The van der Waals surface area contributed by atoms with Gasteiger partial charge in [-0.3, -0.25) is 4.79 Å². The number of carbonyl (C=O) groups is 1. The van der Waals surface area contributed by atoms with Crippen LogP contribution in [0.4, 0.5) is 0 Å². The van der Waals surface area contributed by atoms with Crippen LogP contribution in [0.15, 0.2) is 0 Å². The second kappa shape index (κ2) is 6.79. The Kier molecular flexibility index (Phi) is 6.49. The molecular weight excluding hydrogens is 180 g/mol. The van der Waals surface area contributed by atoms with Gasteiger partial charge in [-0.2, -0.15) is 0 Å². The lowest BCUT2D eigenvalue weighted by Crippen LogP contribution is -2.27. The van der Waals surface area contributed by atoms with Crippen molar-refractivity contribution in [2.75, 3.05) is 13.2 Å². The van der Waals surface area contributed by atoms with Gasteiger partial charge < -0.3 is 10.2 Å². The Morgan fingerprint density at radius 3 is 2.57 bits per heavy atom. The monoisotopic (exact) mass is 202 g/mol. The fourth-order valence-corrected chi connectivity index (χ4v) is 0.981. The van der Waals surface area contributed by atoms with Crippen LogP contribution in [0.2, 0.25) is 0 Å². The summed E-state index contributed by atoms with van der Waals surface area (Å²) in [6.07, 6.45) is 2.16. The van der Waals surface area contributed by atoms with Crippen molar-refractivity contribution in [3.63, 3.8) is 0 Å². The summed E-state index contributed by atoms with van der Waals surface area (Å²) in [6, 6.07) is 0. The molecule has 0 bridgehead atoms. The molecular formula is C10H22N2O2. The standard InChI is InChI=1S/C10H22N2O2/c1-10(2,3)6-7-12-9(13)5-4-8-14-11/h4-8,11H2,1-3H3,(H,12,13). The molecule has 14 heavy (non-hydrogen) atoms. The van der Waals surface area contributed by atoms with E-state index in [1.807, 2.05) is 0 Å². The van der Waals surface area contributed by atoms with Gasteiger partial charge in [0.15, 0.2) is 0 Å². The number of nitrogens with one attached hydrogen (secondary N) is 1. The topological polar surface area (TPSA) is 64.3 Å². The van der Waals surface area contributed by atoms with Crippen LogP contribution in [0.5, 0.6) is 0 Å². The first kappa shape index (κ1) is 13.4. The Morgan fingerprint density at radius 2 is 2.07 bits per heavy atom. The van der Waals surface area contributed by atoms with Gasteiger partial charge in [0.1, 0.15) is 0 Å². The van der Waals surface area contributed by atoms with E-state index in [9.17, 15) is 4.79 Å². The smallest absolute Gasteiger partial charge is 0.220 e. The average molecular weight is 202 g/mol. The van der Waals surface area contributed by atoms with Crippen molar-refractivity contribution in [3.05, 3.63) is 0 Å². The summed E-state index contributed by atoms with van der Waals surface area (Å²) in [6.45, 7) is 7.64. The normalized spacial score (nSPS) is 11.4. The van der Waals surface area contributed by atoms with E-state index in [0.717, 1.165) is 13.0 Å². The molecule has 0 rings (SSSR count). The first-order chi connectivity index (χ1) is 6.45. The first-order valence-corrected chi connectivity index (χ1v) is 5.04. The minimum Gasteiger partial charge on any atom is -0.356 e. The van der Waals surface area contributed by atoms with E-state index in [-0.39, 0.29) is 11.3 Å². The third-order valence-electron chi connectivity index (χ3n) is 1.86. The summed E-state index contributed by atoms with van der Waals surface area (Å²) in [5.74, 6) is 4.92. The highest BCUT2D eigenvalue weighted by atomic mass is 16.6. The Hall–Kier alpha value is -0.610. The lowest BCUT2D eigenvalue weighted by molar-refractivity contribution is -0.121. The Bertz CT molecular complexity index is 164. The molecule has 0 saturated heterocycles. The maximum Gasteiger partial charge on any atom is 0.220 e. The quantitative estimate of drug-likeness (QED) is 0.502. The number of nitrogens with two attached hydrogens (primary N) is 1. The molecule has 0 unspecified atom stereocenters. The maximum atomic E-state index is 11.2. The van der Waals surface area contributed by atoms with Gasteiger partial charge in [-0.25, -0.2) is 5.90 Å². The number of carbonyl (C=O) groups excluding carboxylic acids is 1. The largest absolute Gasteiger partial charge is 0.356 e. The van der Waals surface area contributed by atoms with Crippen LogP contribution >= 0.6 is 0 Å². The highest BCUT2D eigenvalue weighted by Crippen LogP contribution is 2.16. The van der Waals surface area contributed by atoms with Crippen molar-refractivity contribution in [3.8, 4) is 0 Å². The summed E-state index contributed by atoms with van der Waals surface area (Å²) in [4.78, 5) is 15.6. The zero-order chi connectivity index (χ0) is 11.0. The van der Waals surface area contributed by atoms with Crippen LogP contribution in [0.1, 0.15) is 40.0 Å². The fraction of sp³-hybridized carbons (Fsp3) is 0.900. The zero-order valence-electron chi connectivity index (χ0n) is 9.43. The highest BCUT2D eigenvalue weighted by Gasteiger charge is 2.10. The maximum absolute atomic E-state index is 11.2. The molecule has 0 aliphatic carbocycles. The Labute approximate surface area is 86.1 Å². The van der Waals surface area contributed by atoms with Crippen molar-refractivity contribution < 1.29 is 9.63 Å². The van der Waals surface area contributed by atoms with E-state index in [0.29, 0.717) is 19.4 Å². The summed E-state index contributed by atoms with van der Waals surface area (Å²) in [7, 11) is 0. The molecule has 4 nitrogen and oxygen atoms in total. The second-order valence-corrected chi connectivity index (χ2v) is 4.63. The number of amides is 1. The molecule has 0 aliphatic heterocycles. The number of hydrogen-bond donors (Lipinski definition) is 2. The molecule has 0 aliphatic rings. The van der Waals surface area contributed by atoms with Crippen molar-refractivity contribution in [2.45, 2.75) is 40.0 Å². The van der Waals surface area contributed by atoms with Crippen LogP contribution < -0.4 is 11.2 Å². The summed E-state index contributed by atoms with van der Waals surface area (Å²) in [5, 5.41) is 2.86. The van der Waals surface area contributed by atoms with Crippen molar-refractivity contribution in [2.24, 2.45) is 11.3 Å². The molecule has 4 heteroatoms. The zero-order valence-corrected chi connectivity index (χ0v) is 9.43. The molecule has 0 heterocycles. The molecule has 0 aromatic carbocycles. The third kappa shape index (κ3) is 9.48. The molecule has 3 N–H and O–H groups in total. The molecule has 0 atom stereocenters. The van der Waals surface area contributed by atoms with Gasteiger partial charge in [0.2, 0.25) is 5.91 Å². The SMILES string of the molecule is CC(C)(C)CCNC(=O)CCCON. The van der Waals surface area contributed by atoms with Crippen molar-refractivity contribution in [1.82, 2.24) is 5.32 Å². The van der Waals surface area contributed by atoms with E-state index in [2.05, 4.69) is 30.9 Å². The van der Waals surface area contributed by atoms with E-state index in [4.69, 9.17) is 5.90 Å². The van der Waals surface area contributed by atoms with Gasteiger partial charge in [-0.15, -0.1) is 0 Å². The highest BCUT2D eigenvalue weighted by molar-refractivity contribution is 5.75. The summed E-state index contributed by atoms with van der Waals surface area (Å²) in [5.41, 5.74) is 0.271. The van der Waals surface area contributed by atoms with Gasteiger partial charge in [-0.1, -0.05) is 20.8 Å². The minimum absolute atomic E-state index is 0.0753. The molecule has 0 fully saturated rings. The molecule has 0 aromatic rings. The van der Waals surface area contributed by atoms with Crippen LogP contribution in [0.25, 0.3) is 0 Å².